The van der Waals surface area contributed by atoms with Crippen LogP contribution < -0.4 is 0 Å². The molecule has 2 heterocycles. The minimum absolute atomic E-state index is 0.321. The van der Waals surface area contributed by atoms with E-state index in [1.165, 1.54) is 4.88 Å². The molecule has 0 amide bonds. The predicted molar refractivity (Wildman–Crippen MR) is 59.8 cm³/mol. The van der Waals surface area contributed by atoms with Crippen molar-refractivity contribution in [3.63, 3.8) is 0 Å². The van der Waals surface area contributed by atoms with Crippen LogP contribution in [0, 0.1) is 5.92 Å². The average Bonchev–Trinajstić information content (AvgIpc) is 2.76. The monoisotopic (exact) mass is 231 g/mol. The van der Waals surface area contributed by atoms with Crippen LogP contribution in [0.25, 0.3) is 0 Å². The molecule has 0 aliphatic carbocycles. The summed E-state index contributed by atoms with van der Waals surface area (Å²) in [6, 6.07) is 4.03. The Labute approximate surface area is 93.1 Å². The molecular weight excluding hydrogens is 218 g/mol. The molecule has 2 nitrogen and oxygen atoms in total. The highest BCUT2D eigenvalue weighted by Crippen LogP contribution is 2.25. The summed E-state index contributed by atoms with van der Waals surface area (Å²) in [5.41, 5.74) is 0. The fourth-order valence-electron chi connectivity index (χ4n) is 1.86. The Hall–Kier alpha value is -0.0900. The van der Waals surface area contributed by atoms with Crippen LogP contribution in [0.1, 0.15) is 11.3 Å². The maximum atomic E-state index is 9.01. The Morgan fingerprint density at radius 3 is 3.00 bits per heavy atom. The minimum Gasteiger partial charge on any atom is -0.396 e. The van der Waals surface area contributed by atoms with E-state index in [-0.39, 0.29) is 0 Å². The van der Waals surface area contributed by atoms with E-state index in [0.29, 0.717) is 12.5 Å². The van der Waals surface area contributed by atoms with E-state index < -0.39 is 0 Å². The standard InChI is InChI=1S/C10H14ClNOS/c11-10-2-1-9(14-10)6-12-4-3-8(5-12)7-13/h1-2,8,13H,3-7H2/t8-/m1/s1. The number of likely N-dealkylation sites (tertiary alicyclic amines) is 1. The van der Waals surface area contributed by atoms with Gasteiger partial charge in [0.15, 0.2) is 0 Å². The minimum atomic E-state index is 0.321. The maximum Gasteiger partial charge on any atom is 0.0931 e. The van der Waals surface area contributed by atoms with Gasteiger partial charge in [-0.05, 0) is 31.0 Å². The lowest BCUT2D eigenvalue weighted by molar-refractivity contribution is 0.220. The number of rotatable bonds is 3. The molecule has 0 aromatic carbocycles. The topological polar surface area (TPSA) is 23.5 Å². The second-order valence-electron chi connectivity index (χ2n) is 3.78. The van der Waals surface area contributed by atoms with Gasteiger partial charge in [-0.15, -0.1) is 11.3 Å². The van der Waals surface area contributed by atoms with Crippen LogP contribution in [0.3, 0.4) is 0 Å². The molecule has 78 valence electrons. The van der Waals surface area contributed by atoms with Crippen molar-refractivity contribution in [2.24, 2.45) is 5.92 Å². The van der Waals surface area contributed by atoms with E-state index in [4.69, 9.17) is 16.7 Å². The summed E-state index contributed by atoms with van der Waals surface area (Å²) in [7, 11) is 0. The fourth-order valence-corrected chi connectivity index (χ4v) is 2.99. The average molecular weight is 232 g/mol. The third-order valence-corrected chi connectivity index (χ3v) is 3.85. The first-order valence-corrected chi connectivity index (χ1v) is 6.05. The fraction of sp³-hybridized carbons (Fsp3) is 0.600. The molecule has 1 fully saturated rings. The van der Waals surface area contributed by atoms with Crippen LogP contribution in [-0.2, 0) is 6.54 Å². The third-order valence-electron chi connectivity index (χ3n) is 2.64. The zero-order valence-electron chi connectivity index (χ0n) is 7.95. The highest BCUT2D eigenvalue weighted by molar-refractivity contribution is 7.16. The molecular formula is C10H14ClNOS. The van der Waals surface area contributed by atoms with E-state index in [1.807, 2.05) is 6.07 Å². The van der Waals surface area contributed by atoms with Gasteiger partial charge in [-0.3, -0.25) is 4.90 Å². The summed E-state index contributed by atoms with van der Waals surface area (Å²) in [6.07, 6.45) is 1.12. The first kappa shape index (κ1) is 10.4. The predicted octanol–water partition coefficient (Wildman–Crippen LogP) is 2.22. The molecule has 1 aliphatic heterocycles. The number of nitrogens with zero attached hydrogens (tertiary/aromatic N) is 1. The number of aliphatic hydroxyl groups excluding tert-OH is 1. The van der Waals surface area contributed by atoms with Crippen LogP contribution in [0.2, 0.25) is 4.34 Å². The Kier molecular flexibility index (Phi) is 3.44. The largest absolute Gasteiger partial charge is 0.396 e. The molecule has 0 saturated carbocycles. The molecule has 0 unspecified atom stereocenters. The van der Waals surface area contributed by atoms with Crippen LogP contribution in [0.15, 0.2) is 12.1 Å². The second kappa shape index (κ2) is 4.62. The van der Waals surface area contributed by atoms with Crippen LogP contribution in [0.4, 0.5) is 0 Å². The SMILES string of the molecule is OC[C@@H]1CCN(Cc2ccc(Cl)s2)C1. The van der Waals surface area contributed by atoms with Gasteiger partial charge in [0.25, 0.3) is 0 Å². The Balaban J connectivity index is 1.87. The van der Waals surface area contributed by atoms with Crippen LogP contribution in [0.5, 0.6) is 0 Å². The molecule has 14 heavy (non-hydrogen) atoms. The molecule has 1 aromatic rings. The van der Waals surface area contributed by atoms with Gasteiger partial charge in [0, 0.05) is 24.6 Å². The first-order valence-electron chi connectivity index (χ1n) is 4.85. The summed E-state index contributed by atoms with van der Waals surface area (Å²) < 4.78 is 0.859. The van der Waals surface area contributed by atoms with Gasteiger partial charge in [-0.1, -0.05) is 11.6 Å². The highest BCUT2D eigenvalue weighted by atomic mass is 35.5. The van der Waals surface area contributed by atoms with Crippen molar-refractivity contribution >= 4 is 22.9 Å². The quantitative estimate of drug-likeness (QED) is 0.863. The summed E-state index contributed by atoms with van der Waals surface area (Å²) >= 11 is 7.51. The summed E-state index contributed by atoms with van der Waals surface area (Å²) in [4.78, 5) is 3.69. The number of halogens is 1. The van der Waals surface area contributed by atoms with Gasteiger partial charge in [0.1, 0.15) is 0 Å². The van der Waals surface area contributed by atoms with Crippen molar-refractivity contribution in [2.45, 2.75) is 13.0 Å². The number of hydrogen-bond donors (Lipinski definition) is 1. The van der Waals surface area contributed by atoms with Gasteiger partial charge >= 0.3 is 0 Å². The van der Waals surface area contributed by atoms with E-state index in [0.717, 1.165) is 30.4 Å². The zero-order chi connectivity index (χ0) is 9.97. The number of thiophene rings is 1. The molecule has 1 atom stereocenters. The molecule has 0 spiro atoms. The van der Waals surface area contributed by atoms with Crippen molar-refractivity contribution in [1.29, 1.82) is 0 Å². The van der Waals surface area contributed by atoms with E-state index >= 15 is 0 Å². The van der Waals surface area contributed by atoms with Crippen molar-refractivity contribution in [1.82, 2.24) is 4.90 Å². The summed E-state index contributed by atoms with van der Waals surface area (Å²) in [6.45, 7) is 3.42. The van der Waals surface area contributed by atoms with E-state index in [9.17, 15) is 0 Å². The summed E-state index contributed by atoms with van der Waals surface area (Å²) in [5, 5.41) is 9.01. The second-order valence-corrected chi connectivity index (χ2v) is 5.58. The number of aliphatic hydroxyl groups is 1. The third kappa shape index (κ3) is 2.48. The van der Waals surface area contributed by atoms with Gasteiger partial charge in [-0.2, -0.15) is 0 Å². The Morgan fingerprint density at radius 2 is 2.43 bits per heavy atom. The molecule has 4 heteroatoms. The molecule has 1 aromatic heterocycles. The van der Waals surface area contributed by atoms with Crippen molar-refractivity contribution in [2.75, 3.05) is 19.7 Å². The Bertz CT molecular complexity index is 302. The van der Waals surface area contributed by atoms with E-state index in [2.05, 4.69) is 11.0 Å². The first-order chi connectivity index (χ1) is 6.78. The normalized spacial score (nSPS) is 23.1. The van der Waals surface area contributed by atoms with Gasteiger partial charge in [0.2, 0.25) is 0 Å². The lowest BCUT2D eigenvalue weighted by Gasteiger charge is -2.13. The maximum absolute atomic E-state index is 9.01. The zero-order valence-corrected chi connectivity index (χ0v) is 9.52. The smallest absolute Gasteiger partial charge is 0.0931 e. The Morgan fingerprint density at radius 1 is 1.57 bits per heavy atom. The van der Waals surface area contributed by atoms with Crippen molar-refractivity contribution in [3.05, 3.63) is 21.3 Å². The van der Waals surface area contributed by atoms with Crippen molar-refractivity contribution < 1.29 is 5.11 Å². The molecule has 1 saturated heterocycles. The van der Waals surface area contributed by atoms with Gasteiger partial charge < -0.3 is 5.11 Å². The summed E-state index contributed by atoms with van der Waals surface area (Å²) in [5.74, 6) is 0.477. The molecule has 0 radical (unpaired) electrons. The number of hydrogen-bond acceptors (Lipinski definition) is 3. The van der Waals surface area contributed by atoms with E-state index in [1.54, 1.807) is 11.3 Å². The van der Waals surface area contributed by atoms with Crippen LogP contribution >= 0.6 is 22.9 Å². The lowest BCUT2D eigenvalue weighted by Crippen LogP contribution is -2.20. The lowest BCUT2D eigenvalue weighted by atomic mass is 10.1. The van der Waals surface area contributed by atoms with Crippen molar-refractivity contribution in [3.8, 4) is 0 Å². The highest BCUT2D eigenvalue weighted by Gasteiger charge is 2.21. The van der Waals surface area contributed by atoms with Gasteiger partial charge in [-0.25, -0.2) is 0 Å². The van der Waals surface area contributed by atoms with Gasteiger partial charge in [0.05, 0.1) is 4.34 Å². The molecule has 1 N–H and O–H groups in total. The molecule has 1 aliphatic rings. The molecule has 2 rings (SSSR count). The molecule has 0 bridgehead atoms. The van der Waals surface area contributed by atoms with Crippen LogP contribution in [-0.4, -0.2) is 29.7 Å².